The Kier molecular flexibility index (Phi) is 5.79. The Balaban J connectivity index is 2.03. The van der Waals surface area contributed by atoms with Gasteiger partial charge in [0, 0.05) is 17.2 Å². The third-order valence-electron chi connectivity index (χ3n) is 4.09. The maximum absolute atomic E-state index is 11.3. The SMILES string of the molecule is COc1ccc(C(=NNc2ccc([N+](=O)[O-])cc2[N+](=O)[O-])c2ccccc2)cc1. The Morgan fingerprint density at radius 1 is 0.897 bits per heavy atom. The largest absolute Gasteiger partial charge is 0.497 e. The van der Waals surface area contributed by atoms with Gasteiger partial charge in [0.1, 0.15) is 11.4 Å². The van der Waals surface area contributed by atoms with E-state index in [9.17, 15) is 20.2 Å². The third kappa shape index (κ3) is 4.53. The summed E-state index contributed by atoms with van der Waals surface area (Å²) >= 11 is 0. The average Bonchev–Trinajstić information content (AvgIpc) is 2.75. The molecule has 0 radical (unpaired) electrons. The highest BCUT2D eigenvalue weighted by atomic mass is 16.6. The standard InChI is InChI=1S/C20H16N4O5/c1-29-17-10-7-15(8-11-17)20(14-5-3-2-4-6-14)22-21-18-12-9-16(23(25)26)13-19(18)24(27)28/h2-13,21H,1H3. The van der Waals surface area contributed by atoms with Crippen LogP contribution in [0.1, 0.15) is 11.1 Å². The highest BCUT2D eigenvalue weighted by molar-refractivity contribution is 6.13. The zero-order valence-electron chi connectivity index (χ0n) is 15.3. The molecule has 0 bridgehead atoms. The average molecular weight is 392 g/mol. The predicted octanol–water partition coefficient (Wildman–Crippen LogP) is 4.38. The lowest BCUT2D eigenvalue weighted by Gasteiger charge is -2.10. The van der Waals surface area contributed by atoms with Crippen LogP contribution in [0.3, 0.4) is 0 Å². The number of hydrazone groups is 1. The molecule has 0 aliphatic carbocycles. The van der Waals surface area contributed by atoms with Crippen molar-refractivity contribution in [1.82, 2.24) is 0 Å². The Bertz CT molecular complexity index is 1070. The van der Waals surface area contributed by atoms with Crippen molar-refractivity contribution in [3.63, 3.8) is 0 Å². The highest BCUT2D eigenvalue weighted by Crippen LogP contribution is 2.29. The highest BCUT2D eigenvalue weighted by Gasteiger charge is 2.19. The normalized spacial score (nSPS) is 11.0. The minimum Gasteiger partial charge on any atom is -0.497 e. The molecular formula is C20H16N4O5. The Morgan fingerprint density at radius 3 is 2.14 bits per heavy atom. The number of rotatable bonds is 7. The number of nitrogens with zero attached hydrogens (tertiary/aromatic N) is 3. The summed E-state index contributed by atoms with van der Waals surface area (Å²) in [6.07, 6.45) is 0. The lowest BCUT2D eigenvalue weighted by molar-refractivity contribution is -0.393. The van der Waals surface area contributed by atoms with E-state index in [1.807, 2.05) is 42.5 Å². The van der Waals surface area contributed by atoms with Gasteiger partial charge in [0.05, 0.1) is 28.7 Å². The molecule has 3 aromatic rings. The van der Waals surface area contributed by atoms with Gasteiger partial charge in [-0.05, 0) is 30.3 Å². The molecule has 0 amide bonds. The first-order valence-corrected chi connectivity index (χ1v) is 8.46. The van der Waals surface area contributed by atoms with Gasteiger partial charge in [-0.3, -0.25) is 25.7 Å². The van der Waals surface area contributed by atoms with E-state index in [4.69, 9.17) is 4.74 Å². The van der Waals surface area contributed by atoms with Crippen molar-refractivity contribution < 1.29 is 14.6 Å². The lowest BCUT2D eigenvalue weighted by atomic mass is 10.0. The number of ether oxygens (including phenoxy) is 1. The third-order valence-corrected chi connectivity index (χ3v) is 4.09. The summed E-state index contributed by atoms with van der Waals surface area (Å²) in [5.74, 6) is 0.681. The number of nitrogens with one attached hydrogen (secondary N) is 1. The minimum absolute atomic E-state index is 0.0440. The molecule has 146 valence electrons. The van der Waals surface area contributed by atoms with E-state index in [1.165, 1.54) is 12.1 Å². The number of hydrogen-bond acceptors (Lipinski definition) is 7. The van der Waals surface area contributed by atoms with Gasteiger partial charge in [-0.2, -0.15) is 5.10 Å². The van der Waals surface area contributed by atoms with Crippen molar-refractivity contribution in [2.45, 2.75) is 0 Å². The number of non-ortho nitro benzene ring substituents is 1. The van der Waals surface area contributed by atoms with Crippen molar-refractivity contribution in [1.29, 1.82) is 0 Å². The number of anilines is 1. The first-order chi connectivity index (χ1) is 14.0. The molecule has 0 aliphatic rings. The summed E-state index contributed by atoms with van der Waals surface area (Å²) in [7, 11) is 1.57. The van der Waals surface area contributed by atoms with Gasteiger partial charge in [-0.1, -0.05) is 30.3 Å². The lowest BCUT2D eigenvalue weighted by Crippen LogP contribution is -2.07. The van der Waals surface area contributed by atoms with E-state index in [0.717, 1.165) is 17.2 Å². The quantitative estimate of drug-likeness (QED) is 0.362. The molecule has 0 heterocycles. The van der Waals surface area contributed by atoms with Gasteiger partial charge in [0.25, 0.3) is 5.69 Å². The minimum atomic E-state index is -0.694. The number of nitro groups is 2. The van der Waals surface area contributed by atoms with Crippen molar-refractivity contribution >= 4 is 22.8 Å². The molecule has 0 saturated carbocycles. The fraction of sp³-hybridized carbons (Fsp3) is 0.0500. The monoisotopic (exact) mass is 392 g/mol. The predicted molar refractivity (Wildman–Crippen MR) is 108 cm³/mol. The van der Waals surface area contributed by atoms with E-state index in [1.54, 1.807) is 19.2 Å². The molecule has 0 fully saturated rings. The van der Waals surface area contributed by atoms with Gasteiger partial charge >= 0.3 is 5.69 Å². The van der Waals surface area contributed by atoms with Crippen molar-refractivity contribution in [2.75, 3.05) is 12.5 Å². The van der Waals surface area contributed by atoms with Crippen LogP contribution < -0.4 is 10.2 Å². The number of nitro benzene ring substituents is 2. The summed E-state index contributed by atoms with van der Waals surface area (Å²) in [4.78, 5) is 20.9. The summed E-state index contributed by atoms with van der Waals surface area (Å²) in [6, 6.07) is 19.8. The summed E-state index contributed by atoms with van der Waals surface area (Å²) < 4.78 is 5.17. The molecule has 0 saturated heterocycles. The van der Waals surface area contributed by atoms with E-state index in [-0.39, 0.29) is 11.4 Å². The molecule has 0 aromatic heterocycles. The number of methoxy groups -OCH3 is 1. The first kappa shape index (κ1) is 19.5. The second-order valence-corrected chi connectivity index (χ2v) is 5.88. The molecule has 29 heavy (non-hydrogen) atoms. The van der Waals surface area contributed by atoms with Crippen LogP contribution in [0.5, 0.6) is 5.75 Å². The fourth-order valence-corrected chi connectivity index (χ4v) is 2.64. The fourth-order valence-electron chi connectivity index (χ4n) is 2.64. The second-order valence-electron chi connectivity index (χ2n) is 5.88. The van der Waals surface area contributed by atoms with E-state index >= 15 is 0 Å². The molecule has 1 N–H and O–H groups in total. The summed E-state index contributed by atoms with van der Waals surface area (Å²) in [5, 5.41) is 26.6. The van der Waals surface area contributed by atoms with Gasteiger partial charge in [0.2, 0.25) is 0 Å². The van der Waals surface area contributed by atoms with E-state index in [2.05, 4.69) is 10.5 Å². The maximum atomic E-state index is 11.3. The zero-order valence-corrected chi connectivity index (χ0v) is 15.3. The molecule has 0 spiro atoms. The topological polar surface area (TPSA) is 120 Å². The van der Waals surface area contributed by atoms with Crippen molar-refractivity contribution in [3.05, 3.63) is 104 Å². The second kappa shape index (κ2) is 8.61. The van der Waals surface area contributed by atoms with Gasteiger partial charge in [-0.15, -0.1) is 0 Å². The van der Waals surface area contributed by atoms with Crippen molar-refractivity contribution in [2.24, 2.45) is 5.10 Å². The molecule has 0 aliphatic heterocycles. The molecule has 0 atom stereocenters. The van der Waals surface area contributed by atoms with Gasteiger partial charge in [-0.25, -0.2) is 0 Å². The first-order valence-electron chi connectivity index (χ1n) is 8.46. The Hall–Kier alpha value is -4.27. The van der Waals surface area contributed by atoms with Crippen molar-refractivity contribution in [3.8, 4) is 5.75 Å². The Labute approximate surface area is 165 Å². The molecule has 0 unspecified atom stereocenters. The molecule has 9 heteroatoms. The smallest absolute Gasteiger partial charge is 0.301 e. The van der Waals surface area contributed by atoms with Crippen LogP contribution in [0, 0.1) is 20.2 Å². The number of benzene rings is 3. The summed E-state index contributed by atoms with van der Waals surface area (Å²) in [5.41, 5.74) is 4.00. The van der Waals surface area contributed by atoms with Crippen LogP contribution >= 0.6 is 0 Å². The van der Waals surface area contributed by atoms with Crippen LogP contribution in [-0.4, -0.2) is 22.7 Å². The molecule has 3 aromatic carbocycles. The molecule has 3 rings (SSSR count). The maximum Gasteiger partial charge on any atom is 0.301 e. The van der Waals surface area contributed by atoms with Crippen LogP contribution in [0.4, 0.5) is 17.1 Å². The zero-order chi connectivity index (χ0) is 20.8. The van der Waals surface area contributed by atoms with E-state index in [0.29, 0.717) is 11.5 Å². The summed E-state index contributed by atoms with van der Waals surface area (Å²) in [6.45, 7) is 0. The van der Waals surface area contributed by atoms with Gasteiger partial charge in [0.15, 0.2) is 0 Å². The molecule has 9 nitrogen and oxygen atoms in total. The number of hydrogen-bond donors (Lipinski definition) is 1. The molecular weight excluding hydrogens is 376 g/mol. The van der Waals surface area contributed by atoms with E-state index < -0.39 is 15.5 Å². The van der Waals surface area contributed by atoms with Crippen LogP contribution in [-0.2, 0) is 0 Å². The Morgan fingerprint density at radius 2 is 1.55 bits per heavy atom. The van der Waals surface area contributed by atoms with Crippen LogP contribution in [0.15, 0.2) is 77.9 Å². The van der Waals surface area contributed by atoms with Gasteiger partial charge < -0.3 is 4.74 Å². The van der Waals surface area contributed by atoms with Crippen LogP contribution in [0.2, 0.25) is 0 Å². The van der Waals surface area contributed by atoms with Crippen LogP contribution in [0.25, 0.3) is 0 Å².